The molecule has 0 saturated heterocycles. The van der Waals surface area contributed by atoms with Gasteiger partial charge in [-0.1, -0.05) is 37.3 Å². The number of benzene rings is 2. The fourth-order valence-electron chi connectivity index (χ4n) is 3.00. The highest BCUT2D eigenvalue weighted by atomic mass is 35.5. The molecule has 5 heteroatoms. The van der Waals surface area contributed by atoms with Crippen LogP contribution in [0.3, 0.4) is 0 Å². The summed E-state index contributed by atoms with van der Waals surface area (Å²) in [7, 11) is 0. The smallest absolute Gasteiger partial charge is 0.123 e. The van der Waals surface area contributed by atoms with Crippen molar-refractivity contribution in [3.8, 4) is 0 Å². The lowest BCUT2D eigenvalue weighted by molar-refractivity contribution is 0.130. The molecule has 0 bridgehead atoms. The van der Waals surface area contributed by atoms with Crippen LogP contribution < -0.4 is 5.32 Å². The summed E-state index contributed by atoms with van der Waals surface area (Å²) in [6.45, 7) is 3.31. The number of likely N-dealkylation sites (N-methyl/N-ethyl adjacent to an activating group) is 1. The average molecular weight is 349 g/mol. The highest BCUT2D eigenvalue weighted by molar-refractivity contribution is 5.85. The molecule has 3 nitrogen and oxygen atoms in total. The Kier molecular flexibility index (Phi) is 6.37. The van der Waals surface area contributed by atoms with Gasteiger partial charge in [0, 0.05) is 23.6 Å². The van der Waals surface area contributed by atoms with Crippen molar-refractivity contribution in [2.45, 2.75) is 19.1 Å². The zero-order valence-electron chi connectivity index (χ0n) is 13.5. The van der Waals surface area contributed by atoms with Crippen LogP contribution in [-0.2, 0) is 0 Å². The molecule has 2 aromatic carbocycles. The molecule has 2 N–H and O–H groups in total. The Morgan fingerprint density at radius 1 is 1.12 bits per heavy atom. The van der Waals surface area contributed by atoms with Gasteiger partial charge in [-0.2, -0.15) is 0 Å². The second kappa shape index (κ2) is 8.29. The van der Waals surface area contributed by atoms with Crippen LogP contribution in [0.25, 0.3) is 10.9 Å². The van der Waals surface area contributed by atoms with Crippen LogP contribution in [0.1, 0.15) is 18.5 Å². The standard InChI is InChI=1S/C19H21FN2O.ClH/c1-2-21-13-18(23)19(14-6-4-3-5-7-14)22-11-10-15-12-16(20)8-9-17(15)22;/h3-12,18-19,21,23H,2,13H2,1H3;1H/t18-,19+;/m1./s1. The fraction of sp³-hybridized carbons (Fsp3) is 0.263. The summed E-state index contributed by atoms with van der Waals surface area (Å²) in [6, 6.07) is 16.3. The summed E-state index contributed by atoms with van der Waals surface area (Å²) in [5.41, 5.74) is 1.94. The summed E-state index contributed by atoms with van der Waals surface area (Å²) >= 11 is 0. The highest BCUT2D eigenvalue weighted by Crippen LogP contribution is 2.28. The number of hydrogen-bond donors (Lipinski definition) is 2. The zero-order chi connectivity index (χ0) is 16.2. The molecule has 0 aliphatic rings. The third kappa shape index (κ3) is 3.78. The van der Waals surface area contributed by atoms with Gasteiger partial charge in [0.1, 0.15) is 5.82 Å². The molecular weight excluding hydrogens is 327 g/mol. The number of nitrogens with zero attached hydrogens (tertiary/aromatic N) is 1. The van der Waals surface area contributed by atoms with E-state index >= 15 is 0 Å². The van der Waals surface area contributed by atoms with Gasteiger partial charge in [0.25, 0.3) is 0 Å². The molecule has 0 spiro atoms. The van der Waals surface area contributed by atoms with Gasteiger partial charge in [-0.15, -0.1) is 12.4 Å². The number of aliphatic hydroxyl groups is 1. The van der Waals surface area contributed by atoms with Gasteiger partial charge in [0.2, 0.25) is 0 Å². The van der Waals surface area contributed by atoms with E-state index in [0.717, 1.165) is 23.0 Å². The Bertz CT molecular complexity index is 775. The van der Waals surface area contributed by atoms with Gasteiger partial charge >= 0.3 is 0 Å². The first-order chi connectivity index (χ1) is 11.2. The molecule has 0 fully saturated rings. The Balaban J connectivity index is 0.00000208. The molecule has 1 aromatic heterocycles. The zero-order valence-corrected chi connectivity index (χ0v) is 14.3. The van der Waals surface area contributed by atoms with E-state index < -0.39 is 6.10 Å². The molecule has 24 heavy (non-hydrogen) atoms. The van der Waals surface area contributed by atoms with Crippen LogP contribution in [0, 0.1) is 5.82 Å². The van der Waals surface area contributed by atoms with Crippen molar-refractivity contribution >= 4 is 23.3 Å². The van der Waals surface area contributed by atoms with E-state index in [2.05, 4.69) is 5.32 Å². The molecule has 3 rings (SSSR count). The van der Waals surface area contributed by atoms with E-state index in [9.17, 15) is 9.50 Å². The van der Waals surface area contributed by atoms with Crippen molar-refractivity contribution in [1.82, 2.24) is 9.88 Å². The second-order valence-corrected chi connectivity index (χ2v) is 5.66. The van der Waals surface area contributed by atoms with Crippen LogP contribution >= 0.6 is 12.4 Å². The number of aliphatic hydroxyl groups excluding tert-OH is 1. The van der Waals surface area contributed by atoms with Crippen LogP contribution in [0.5, 0.6) is 0 Å². The molecule has 0 aliphatic carbocycles. The first-order valence-corrected chi connectivity index (χ1v) is 7.90. The molecular formula is C19H22ClFN2O. The fourth-order valence-corrected chi connectivity index (χ4v) is 3.00. The molecule has 0 saturated carbocycles. The van der Waals surface area contributed by atoms with Crippen LogP contribution in [0.2, 0.25) is 0 Å². The molecule has 0 unspecified atom stereocenters. The van der Waals surface area contributed by atoms with Gasteiger partial charge in [0.05, 0.1) is 12.1 Å². The van der Waals surface area contributed by atoms with Gasteiger partial charge in [-0.25, -0.2) is 4.39 Å². The summed E-state index contributed by atoms with van der Waals surface area (Å²) < 4.78 is 15.4. The molecule has 128 valence electrons. The van der Waals surface area contributed by atoms with Crippen molar-refractivity contribution in [3.63, 3.8) is 0 Å². The number of rotatable bonds is 6. The summed E-state index contributed by atoms with van der Waals surface area (Å²) in [4.78, 5) is 0. The molecule has 2 atom stereocenters. The predicted octanol–water partition coefficient (Wildman–Crippen LogP) is 3.76. The van der Waals surface area contributed by atoms with Gasteiger partial charge in [-0.05, 0) is 36.4 Å². The van der Waals surface area contributed by atoms with Crippen molar-refractivity contribution < 1.29 is 9.50 Å². The maximum Gasteiger partial charge on any atom is 0.123 e. The number of halogens is 2. The van der Waals surface area contributed by atoms with E-state index in [4.69, 9.17) is 0 Å². The maximum absolute atomic E-state index is 13.4. The largest absolute Gasteiger partial charge is 0.389 e. The number of fused-ring (bicyclic) bond motifs is 1. The Labute approximate surface area is 147 Å². The minimum atomic E-state index is -0.585. The van der Waals surface area contributed by atoms with E-state index in [1.54, 1.807) is 6.07 Å². The van der Waals surface area contributed by atoms with Crippen molar-refractivity contribution in [2.24, 2.45) is 0 Å². The Morgan fingerprint density at radius 2 is 1.88 bits per heavy atom. The predicted molar refractivity (Wildman–Crippen MR) is 98.3 cm³/mol. The quantitative estimate of drug-likeness (QED) is 0.711. The Hall–Kier alpha value is -1.88. The first kappa shape index (κ1) is 18.5. The topological polar surface area (TPSA) is 37.2 Å². The van der Waals surface area contributed by atoms with Crippen LogP contribution in [0.15, 0.2) is 60.8 Å². The van der Waals surface area contributed by atoms with E-state index in [-0.39, 0.29) is 24.3 Å². The molecule has 3 aromatic rings. The van der Waals surface area contributed by atoms with Crippen molar-refractivity contribution in [2.75, 3.05) is 13.1 Å². The van der Waals surface area contributed by atoms with Crippen LogP contribution in [-0.4, -0.2) is 28.9 Å². The minimum absolute atomic E-state index is 0. The summed E-state index contributed by atoms with van der Waals surface area (Å²) in [5.74, 6) is -0.250. The summed E-state index contributed by atoms with van der Waals surface area (Å²) in [6.07, 6.45) is 1.33. The van der Waals surface area contributed by atoms with E-state index in [1.807, 2.05) is 54.1 Å². The maximum atomic E-state index is 13.4. The van der Waals surface area contributed by atoms with Gasteiger partial charge in [0.15, 0.2) is 0 Å². The molecule has 0 aliphatic heterocycles. The lowest BCUT2D eigenvalue weighted by Crippen LogP contribution is -2.34. The molecule has 1 heterocycles. The number of hydrogen-bond acceptors (Lipinski definition) is 2. The van der Waals surface area contributed by atoms with Crippen molar-refractivity contribution in [1.29, 1.82) is 0 Å². The third-order valence-electron chi connectivity index (χ3n) is 4.09. The van der Waals surface area contributed by atoms with E-state index in [0.29, 0.717) is 6.54 Å². The summed E-state index contributed by atoms with van der Waals surface area (Å²) in [5, 5.41) is 14.8. The second-order valence-electron chi connectivity index (χ2n) is 5.66. The monoisotopic (exact) mass is 348 g/mol. The van der Waals surface area contributed by atoms with E-state index in [1.165, 1.54) is 12.1 Å². The number of aromatic nitrogens is 1. The normalized spacial score (nSPS) is 13.5. The lowest BCUT2D eigenvalue weighted by atomic mass is 10.0. The average Bonchev–Trinajstić information content (AvgIpc) is 2.97. The SMILES string of the molecule is CCNC[C@@H](O)[C@H](c1ccccc1)n1ccc2cc(F)ccc21.Cl. The van der Waals surface area contributed by atoms with Gasteiger partial charge in [-0.3, -0.25) is 0 Å². The number of nitrogens with one attached hydrogen (secondary N) is 1. The van der Waals surface area contributed by atoms with Gasteiger partial charge < -0.3 is 15.0 Å². The molecule has 0 radical (unpaired) electrons. The minimum Gasteiger partial charge on any atom is -0.389 e. The lowest BCUT2D eigenvalue weighted by Gasteiger charge is -2.26. The first-order valence-electron chi connectivity index (χ1n) is 7.90. The van der Waals surface area contributed by atoms with Crippen molar-refractivity contribution in [3.05, 3.63) is 72.2 Å². The third-order valence-corrected chi connectivity index (χ3v) is 4.09. The molecule has 0 amide bonds. The van der Waals surface area contributed by atoms with Crippen LogP contribution in [0.4, 0.5) is 4.39 Å². The Morgan fingerprint density at radius 3 is 2.58 bits per heavy atom. The highest BCUT2D eigenvalue weighted by Gasteiger charge is 2.23.